The van der Waals surface area contributed by atoms with E-state index in [1.54, 1.807) is 0 Å². The number of amides is 2. The lowest BCUT2D eigenvalue weighted by Crippen LogP contribution is -2.47. The highest BCUT2D eigenvalue weighted by Crippen LogP contribution is 2.16. The SMILES string of the molecule is CCCNC(=O)CN1CCC[C@@H](C(=O)N[C@@H](C)CCC)C1. The van der Waals surface area contributed by atoms with Crippen LogP contribution < -0.4 is 10.6 Å². The molecule has 2 N–H and O–H groups in total. The van der Waals surface area contributed by atoms with Crippen molar-refractivity contribution >= 4 is 11.8 Å². The molecule has 1 aliphatic rings. The molecule has 2 amide bonds. The Labute approximate surface area is 128 Å². The molecule has 0 saturated carbocycles. The fourth-order valence-electron chi connectivity index (χ4n) is 2.80. The van der Waals surface area contributed by atoms with E-state index in [1.807, 2.05) is 6.92 Å². The molecule has 0 unspecified atom stereocenters. The third-order valence-corrected chi connectivity index (χ3v) is 3.93. The second kappa shape index (κ2) is 9.77. The molecule has 1 fully saturated rings. The van der Waals surface area contributed by atoms with Gasteiger partial charge < -0.3 is 10.6 Å². The van der Waals surface area contributed by atoms with E-state index < -0.39 is 0 Å². The Kier molecular flexibility index (Phi) is 8.35. The predicted octanol–water partition coefficient (Wildman–Crippen LogP) is 1.53. The van der Waals surface area contributed by atoms with Crippen molar-refractivity contribution in [1.82, 2.24) is 15.5 Å². The third kappa shape index (κ3) is 6.93. The van der Waals surface area contributed by atoms with Crippen molar-refractivity contribution < 1.29 is 9.59 Å². The van der Waals surface area contributed by atoms with E-state index in [4.69, 9.17) is 0 Å². The smallest absolute Gasteiger partial charge is 0.234 e. The topological polar surface area (TPSA) is 61.4 Å². The number of likely N-dealkylation sites (tertiary alicyclic amines) is 1. The quantitative estimate of drug-likeness (QED) is 0.714. The van der Waals surface area contributed by atoms with Crippen molar-refractivity contribution in [1.29, 1.82) is 0 Å². The first-order valence-electron chi connectivity index (χ1n) is 8.36. The first-order chi connectivity index (χ1) is 10.1. The van der Waals surface area contributed by atoms with Crippen molar-refractivity contribution in [3.63, 3.8) is 0 Å². The Hall–Kier alpha value is -1.10. The van der Waals surface area contributed by atoms with E-state index in [-0.39, 0.29) is 23.8 Å². The highest BCUT2D eigenvalue weighted by Gasteiger charge is 2.27. The Morgan fingerprint density at radius 1 is 1.29 bits per heavy atom. The van der Waals surface area contributed by atoms with Crippen LogP contribution >= 0.6 is 0 Å². The fraction of sp³-hybridized carbons (Fsp3) is 0.875. The number of piperidine rings is 1. The summed E-state index contributed by atoms with van der Waals surface area (Å²) in [6.45, 7) is 8.97. The van der Waals surface area contributed by atoms with Crippen LogP contribution in [0.3, 0.4) is 0 Å². The third-order valence-electron chi connectivity index (χ3n) is 3.93. The van der Waals surface area contributed by atoms with Crippen LogP contribution in [0.2, 0.25) is 0 Å². The van der Waals surface area contributed by atoms with Gasteiger partial charge in [-0.1, -0.05) is 20.3 Å². The summed E-state index contributed by atoms with van der Waals surface area (Å²) in [7, 11) is 0. The van der Waals surface area contributed by atoms with Crippen molar-refractivity contribution in [2.75, 3.05) is 26.2 Å². The van der Waals surface area contributed by atoms with Crippen molar-refractivity contribution in [2.24, 2.45) is 5.92 Å². The molecule has 0 aromatic heterocycles. The van der Waals surface area contributed by atoms with Gasteiger partial charge in [-0.25, -0.2) is 0 Å². The molecule has 0 aliphatic carbocycles. The number of rotatable bonds is 8. The van der Waals surface area contributed by atoms with Crippen LogP contribution in [0, 0.1) is 5.92 Å². The lowest BCUT2D eigenvalue weighted by Gasteiger charge is -2.32. The minimum absolute atomic E-state index is 0.0250. The van der Waals surface area contributed by atoms with Gasteiger partial charge in [-0.05, 0) is 39.2 Å². The van der Waals surface area contributed by atoms with Crippen LogP contribution in [0.1, 0.15) is 52.9 Å². The van der Waals surface area contributed by atoms with Gasteiger partial charge in [0.05, 0.1) is 12.5 Å². The lowest BCUT2D eigenvalue weighted by molar-refractivity contribution is -0.129. The van der Waals surface area contributed by atoms with E-state index in [0.717, 1.165) is 45.2 Å². The van der Waals surface area contributed by atoms with Gasteiger partial charge in [0.15, 0.2) is 0 Å². The lowest BCUT2D eigenvalue weighted by atomic mass is 9.96. The van der Waals surface area contributed by atoms with Gasteiger partial charge in [0.1, 0.15) is 0 Å². The number of hydrogen-bond acceptors (Lipinski definition) is 3. The molecule has 0 spiro atoms. The number of nitrogens with one attached hydrogen (secondary N) is 2. The van der Waals surface area contributed by atoms with Crippen LogP contribution in [-0.4, -0.2) is 48.9 Å². The Bertz CT molecular complexity index is 333. The van der Waals surface area contributed by atoms with Gasteiger partial charge in [0.25, 0.3) is 0 Å². The van der Waals surface area contributed by atoms with Gasteiger partial charge in [-0.15, -0.1) is 0 Å². The average Bonchev–Trinajstić information content (AvgIpc) is 2.45. The van der Waals surface area contributed by atoms with Crippen molar-refractivity contribution in [3.8, 4) is 0 Å². The molecule has 1 heterocycles. The van der Waals surface area contributed by atoms with Gasteiger partial charge in [-0.2, -0.15) is 0 Å². The minimum Gasteiger partial charge on any atom is -0.355 e. The van der Waals surface area contributed by atoms with Gasteiger partial charge >= 0.3 is 0 Å². The Balaban J connectivity index is 2.37. The molecule has 0 bridgehead atoms. The first kappa shape index (κ1) is 18.0. The predicted molar refractivity (Wildman–Crippen MR) is 85.0 cm³/mol. The second-order valence-electron chi connectivity index (χ2n) is 6.12. The summed E-state index contributed by atoms with van der Waals surface area (Å²) in [5.74, 6) is 0.240. The molecule has 21 heavy (non-hydrogen) atoms. The zero-order valence-electron chi connectivity index (χ0n) is 13.8. The summed E-state index contributed by atoms with van der Waals surface area (Å²) in [5, 5.41) is 5.98. The average molecular weight is 297 g/mol. The highest BCUT2D eigenvalue weighted by atomic mass is 16.2. The Morgan fingerprint density at radius 3 is 2.71 bits per heavy atom. The summed E-state index contributed by atoms with van der Waals surface area (Å²) in [6, 6.07) is 0.241. The van der Waals surface area contributed by atoms with E-state index in [2.05, 4.69) is 29.4 Å². The number of carbonyl (C=O) groups excluding carboxylic acids is 2. The molecular weight excluding hydrogens is 266 g/mol. The van der Waals surface area contributed by atoms with Crippen LogP contribution in [0.4, 0.5) is 0 Å². The fourth-order valence-corrected chi connectivity index (χ4v) is 2.80. The van der Waals surface area contributed by atoms with Gasteiger partial charge in [0.2, 0.25) is 11.8 Å². The van der Waals surface area contributed by atoms with Crippen LogP contribution in [0.25, 0.3) is 0 Å². The van der Waals surface area contributed by atoms with Gasteiger partial charge in [-0.3, -0.25) is 14.5 Å². The normalized spacial score (nSPS) is 20.8. The standard InChI is InChI=1S/C16H31N3O2/c1-4-7-13(3)18-16(21)14-8-6-10-19(11-14)12-15(20)17-9-5-2/h13-14H,4-12H2,1-3H3,(H,17,20)(H,18,21)/t13-,14+/m0/s1. The summed E-state index contributed by atoms with van der Waals surface area (Å²) in [6.07, 6.45) is 4.96. The molecule has 0 radical (unpaired) electrons. The van der Waals surface area contributed by atoms with Crippen molar-refractivity contribution in [3.05, 3.63) is 0 Å². The summed E-state index contributed by atoms with van der Waals surface area (Å²) in [5.41, 5.74) is 0. The molecule has 1 aliphatic heterocycles. The zero-order chi connectivity index (χ0) is 15.7. The maximum atomic E-state index is 12.2. The molecule has 1 saturated heterocycles. The monoisotopic (exact) mass is 297 g/mol. The zero-order valence-corrected chi connectivity index (χ0v) is 13.8. The maximum absolute atomic E-state index is 12.2. The summed E-state index contributed by atoms with van der Waals surface area (Å²) >= 11 is 0. The molecule has 5 heteroatoms. The summed E-state index contributed by atoms with van der Waals surface area (Å²) in [4.78, 5) is 26.1. The molecular formula is C16H31N3O2. The number of hydrogen-bond donors (Lipinski definition) is 2. The van der Waals surface area contributed by atoms with E-state index in [1.165, 1.54) is 0 Å². The second-order valence-corrected chi connectivity index (χ2v) is 6.12. The molecule has 1 rings (SSSR count). The number of carbonyl (C=O) groups is 2. The minimum atomic E-state index is 0.0250. The Morgan fingerprint density at radius 2 is 2.05 bits per heavy atom. The van der Waals surface area contributed by atoms with E-state index >= 15 is 0 Å². The van der Waals surface area contributed by atoms with Crippen LogP contribution in [0.15, 0.2) is 0 Å². The molecule has 5 nitrogen and oxygen atoms in total. The van der Waals surface area contributed by atoms with Crippen LogP contribution in [0.5, 0.6) is 0 Å². The number of nitrogens with zero attached hydrogens (tertiary/aromatic N) is 1. The summed E-state index contributed by atoms with van der Waals surface area (Å²) < 4.78 is 0. The van der Waals surface area contributed by atoms with Gasteiger partial charge in [0, 0.05) is 19.1 Å². The molecule has 122 valence electrons. The van der Waals surface area contributed by atoms with E-state index in [0.29, 0.717) is 13.1 Å². The van der Waals surface area contributed by atoms with Crippen LogP contribution in [-0.2, 0) is 9.59 Å². The maximum Gasteiger partial charge on any atom is 0.234 e. The molecule has 2 atom stereocenters. The first-order valence-corrected chi connectivity index (χ1v) is 8.36. The molecule has 0 aromatic carbocycles. The largest absolute Gasteiger partial charge is 0.355 e. The molecule has 0 aromatic rings. The highest BCUT2D eigenvalue weighted by molar-refractivity contribution is 5.80. The van der Waals surface area contributed by atoms with Crippen molar-refractivity contribution in [2.45, 2.75) is 58.9 Å². The van der Waals surface area contributed by atoms with E-state index in [9.17, 15) is 9.59 Å².